The van der Waals surface area contributed by atoms with E-state index in [9.17, 15) is 18.8 Å². The second kappa shape index (κ2) is 12.5. The van der Waals surface area contributed by atoms with Crippen molar-refractivity contribution in [1.29, 1.82) is 0 Å². The minimum absolute atomic E-state index is 0.0741. The molecule has 4 rings (SSSR count). The van der Waals surface area contributed by atoms with Crippen molar-refractivity contribution in [3.8, 4) is 16.9 Å². The third kappa shape index (κ3) is 6.20. The molecule has 0 aliphatic carbocycles. The van der Waals surface area contributed by atoms with Crippen LogP contribution < -0.4 is 15.6 Å². The van der Waals surface area contributed by atoms with Gasteiger partial charge >= 0.3 is 5.97 Å². The third-order valence-electron chi connectivity index (χ3n) is 6.71. The van der Waals surface area contributed by atoms with Gasteiger partial charge in [-0.15, -0.1) is 0 Å². The van der Waals surface area contributed by atoms with Crippen molar-refractivity contribution < 1.29 is 23.5 Å². The number of hydrogen-bond donors (Lipinski definition) is 1. The van der Waals surface area contributed by atoms with E-state index in [2.05, 4.69) is 10.3 Å². The largest absolute Gasteiger partial charge is 0.496 e. The normalized spacial score (nSPS) is 12.7. The molecule has 0 fully saturated rings. The van der Waals surface area contributed by atoms with Gasteiger partial charge in [0.25, 0.3) is 5.56 Å². The van der Waals surface area contributed by atoms with Crippen LogP contribution in [0.25, 0.3) is 22.0 Å². The number of rotatable bonds is 10. The van der Waals surface area contributed by atoms with Gasteiger partial charge in [0.15, 0.2) is 0 Å². The van der Waals surface area contributed by atoms with Gasteiger partial charge in [0, 0.05) is 0 Å². The number of benzene rings is 3. The Morgan fingerprint density at radius 3 is 2.50 bits per heavy atom. The number of amides is 1. The number of methoxy groups -OCH3 is 2. The lowest BCUT2D eigenvalue weighted by Crippen LogP contribution is -2.40. The van der Waals surface area contributed by atoms with Gasteiger partial charge < -0.3 is 14.8 Å². The smallest absolute Gasteiger partial charge is 0.307 e. The Morgan fingerprint density at radius 1 is 1.02 bits per heavy atom. The maximum absolute atomic E-state index is 14.8. The van der Waals surface area contributed by atoms with E-state index in [4.69, 9.17) is 9.47 Å². The number of nitrogens with zero attached hydrogens (tertiary/aromatic N) is 2. The highest BCUT2D eigenvalue weighted by atomic mass is 19.1. The first-order valence-corrected chi connectivity index (χ1v) is 13.0. The Labute approximate surface area is 231 Å². The predicted octanol–water partition coefficient (Wildman–Crippen LogP) is 5.22. The van der Waals surface area contributed by atoms with Gasteiger partial charge in [-0.3, -0.25) is 19.0 Å². The van der Waals surface area contributed by atoms with Crippen molar-refractivity contribution in [3.05, 3.63) is 94.8 Å². The summed E-state index contributed by atoms with van der Waals surface area (Å²) in [6.45, 7) is 3.91. The lowest BCUT2D eigenvalue weighted by atomic mass is 9.96. The maximum Gasteiger partial charge on any atom is 0.307 e. The number of carbonyl (C=O) groups is 2. The Kier molecular flexibility index (Phi) is 8.93. The molecule has 9 heteroatoms. The standard InChI is InChI=1S/C31H32FN3O5/c1-19(2)15-26(35-18-33-24-13-6-5-11-22(24)31(35)38)30(37)34-25(17-28(36)40-4)20-9-7-10-21(16-20)29-23(32)12-8-14-27(29)39-3/h5-14,16,18-19,25-26H,15,17H2,1-4H3,(H,34,37). The number of ether oxygens (including phenoxy) is 2. The molecule has 0 aliphatic rings. The summed E-state index contributed by atoms with van der Waals surface area (Å²) in [6, 6.07) is 16.7. The van der Waals surface area contributed by atoms with Crippen LogP contribution in [-0.4, -0.2) is 35.6 Å². The molecule has 1 N–H and O–H groups in total. The fourth-order valence-corrected chi connectivity index (χ4v) is 4.73. The minimum Gasteiger partial charge on any atom is -0.496 e. The molecule has 2 atom stereocenters. The van der Waals surface area contributed by atoms with E-state index in [-0.39, 0.29) is 23.5 Å². The van der Waals surface area contributed by atoms with E-state index in [1.165, 1.54) is 31.2 Å². The summed E-state index contributed by atoms with van der Waals surface area (Å²) in [5, 5.41) is 3.35. The zero-order valence-corrected chi connectivity index (χ0v) is 22.9. The van der Waals surface area contributed by atoms with E-state index >= 15 is 0 Å². The summed E-state index contributed by atoms with van der Waals surface area (Å²) in [5.74, 6) is -1.03. The first kappa shape index (κ1) is 28.5. The number of hydrogen-bond acceptors (Lipinski definition) is 6. The molecule has 40 heavy (non-hydrogen) atoms. The van der Waals surface area contributed by atoms with E-state index in [1.807, 2.05) is 13.8 Å². The number of aromatic nitrogens is 2. The molecule has 8 nitrogen and oxygen atoms in total. The zero-order chi connectivity index (χ0) is 28.8. The Bertz CT molecular complexity index is 1580. The van der Waals surface area contributed by atoms with Crippen LogP contribution in [0.4, 0.5) is 4.39 Å². The Morgan fingerprint density at radius 2 is 1.77 bits per heavy atom. The van der Waals surface area contributed by atoms with Gasteiger partial charge in [0.1, 0.15) is 17.6 Å². The number of carbonyl (C=O) groups excluding carboxylic acids is 2. The van der Waals surface area contributed by atoms with Crippen molar-refractivity contribution in [3.63, 3.8) is 0 Å². The summed E-state index contributed by atoms with van der Waals surface area (Å²) in [7, 11) is 2.73. The Hall–Kier alpha value is -4.53. The Balaban J connectivity index is 1.73. The van der Waals surface area contributed by atoms with Gasteiger partial charge in [-0.25, -0.2) is 9.37 Å². The monoisotopic (exact) mass is 545 g/mol. The van der Waals surface area contributed by atoms with Crippen LogP contribution in [-0.2, 0) is 14.3 Å². The molecule has 1 heterocycles. The molecule has 0 spiro atoms. The second-order valence-corrected chi connectivity index (χ2v) is 9.90. The van der Waals surface area contributed by atoms with Crippen LogP contribution >= 0.6 is 0 Å². The number of para-hydroxylation sites is 1. The third-order valence-corrected chi connectivity index (χ3v) is 6.71. The van der Waals surface area contributed by atoms with Crippen LogP contribution in [0.5, 0.6) is 5.75 Å². The van der Waals surface area contributed by atoms with Gasteiger partial charge in [-0.1, -0.05) is 50.2 Å². The quantitative estimate of drug-likeness (QED) is 0.274. The molecule has 2 unspecified atom stereocenters. The van der Waals surface area contributed by atoms with Crippen molar-refractivity contribution in [2.75, 3.05) is 14.2 Å². The second-order valence-electron chi connectivity index (χ2n) is 9.90. The number of fused-ring (bicyclic) bond motifs is 1. The number of esters is 1. The zero-order valence-electron chi connectivity index (χ0n) is 22.9. The maximum atomic E-state index is 14.8. The van der Waals surface area contributed by atoms with Crippen LogP contribution in [0.2, 0.25) is 0 Å². The lowest BCUT2D eigenvalue weighted by Gasteiger charge is -2.25. The molecule has 0 bridgehead atoms. The highest BCUT2D eigenvalue weighted by molar-refractivity contribution is 5.83. The molecule has 3 aromatic carbocycles. The molecule has 0 radical (unpaired) electrons. The van der Waals surface area contributed by atoms with Crippen LogP contribution in [0, 0.1) is 11.7 Å². The lowest BCUT2D eigenvalue weighted by molar-refractivity contribution is -0.141. The molecular weight excluding hydrogens is 513 g/mol. The van der Waals surface area contributed by atoms with Crippen molar-refractivity contribution in [2.24, 2.45) is 5.92 Å². The summed E-state index contributed by atoms with van der Waals surface area (Å²) in [5.41, 5.74) is 1.56. The summed E-state index contributed by atoms with van der Waals surface area (Å²) in [4.78, 5) is 43.9. The van der Waals surface area contributed by atoms with Gasteiger partial charge in [0.2, 0.25) is 5.91 Å². The summed E-state index contributed by atoms with van der Waals surface area (Å²) < 4.78 is 26.4. The number of nitrogens with one attached hydrogen (secondary N) is 1. The van der Waals surface area contributed by atoms with Crippen LogP contribution in [0.1, 0.15) is 44.3 Å². The van der Waals surface area contributed by atoms with Crippen molar-refractivity contribution in [1.82, 2.24) is 14.9 Å². The van der Waals surface area contributed by atoms with Crippen molar-refractivity contribution in [2.45, 2.75) is 38.8 Å². The van der Waals surface area contributed by atoms with E-state index in [0.717, 1.165) is 0 Å². The molecular formula is C31H32FN3O5. The highest BCUT2D eigenvalue weighted by Crippen LogP contribution is 2.34. The van der Waals surface area contributed by atoms with Crippen LogP contribution in [0.15, 0.2) is 77.9 Å². The molecule has 1 aromatic heterocycles. The van der Waals surface area contributed by atoms with E-state index in [1.54, 1.807) is 60.7 Å². The predicted molar refractivity (Wildman–Crippen MR) is 150 cm³/mol. The highest BCUT2D eigenvalue weighted by Gasteiger charge is 2.28. The SMILES string of the molecule is COC(=O)CC(NC(=O)C(CC(C)C)n1cnc2ccccc2c1=O)c1cccc(-c2c(F)cccc2OC)c1. The van der Waals surface area contributed by atoms with E-state index in [0.29, 0.717) is 34.2 Å². The molecule has 1 amide bonds. The average Bonchev–Trinajstić information content (AvgIpc) is 2.95. The fourth-order valence-electron chi connectivity index (χ4n) is 4.73. The van der Waals surface area contributed by atoms with Gasteiger partial charge in [0.05, 0.1) is 49.5 Å². The van der Waals surface area contributed by atoms with Crippen molar-refractivity contribution >= 4 is 22.8 Å². The molecule has 0 saturated carbocycles. The van der Waals surface area contributed by atoms with Gasteiger partial charge in [-0.05, 0) is 53.8 Å². The molecule has 208 valence electrons. The topological polar surface area (TPSA) is 99.5 Å². The average molecular weight is 546 g/mol. The first-order chi connectivity index (χ1) is 19.2. The van der Waals surface area contributed by atoms with Gasteiger partial charge in [-0.2, -0.15) is 0 Å². The summed E-state index contributed by atoms with van der Waals surface area (Å²) >= 11 is 0. The van der Waals surface area contributed by atoms with E-state index < -0.39 is 29.8 Å². The molecule has 4 aromatic rings. The molecule has 0 aliphatic heterocycles. The minimum atomic E-state index is -0.875. The van der Waals surface area contributed by atoms with Crippen LogP contribution in [0.3, 0.4) is 0 Å². The summed E-state index contributed by atoms with van der Waals surface area (Å²) in [6.07, 6.45) is 1.58. The number of halogens is 1. The first-order valence-electron chi connectivity index (χ1n) is 13.0. The fraction of sp³-hybridized carbons (Fsp3) is 0.290. The molecule has 0 saturated heterocycles.